The van der Waals surface area contributed by atoms with Crippen LogP contribution in [0, 0.1) is 5.82 Å². The van der Waals surface area contributed by atoms with Crippen molar-refractivity contribution in [2.75, 3.05) is 0 Å². The summed E-state index contributed by atoms with van der Waals surface area (Å²) in [6.45, 7) is 3.96. The molecule has 0 radical (unpaired) electrons. The van der Waals surface area contributed by atoms with Gasteiger partial charge in [0, 0.05) is 11.4 Å². The van der Waals surface area contributed by atoms with E-state index in [0.29, 0.717) is 5.82 Å². The van der Waals surface area contributed by atoms with E-state index in [1.165, 1.54) is 18.2 Å². The van der Waals surface area contributed by atoms with Crippen LogP contribution >= 0.6 is 0 Å². The van der Waals surface area contributed by atoms with Gasteiger partial charge in [0.1, 0.15) is 11.6 Å². The second kappa shape index (κ2) is 3.91. The minimum atomic E-state index is -0.296. The normalized spacial score (nSPS) is 10.8. The van der Waals surface area contributed by atoms with Crippen molar-refractivity contribution >= 4 is 22.8 Å². The van der Waals surface area contributed by atoms with Crippen molar-refractivity contribution in [2.45, 2.75) is 19.9 Å². The van der Waals surface area contributed by atoms with Crippen molar-refractivity contribution in [2.24, 2.45) is 4.99 Å². The maximum absolute atomic E-state index is 13.0. The van der Waals surface area contributed by atoms with E-state index in [0.717, 1.165) is 10.9 Å². The number of hydrogen-bond acceptors (Lipinski definition) is 2. The van der Waals surface area contributed by atoms with Gasteiger partial charge in [-0.2, -0.15) is 0 Å². The molecule has 0 N–H and O–H groups in total. The lowest BCUT2D eigenvalue weighted by molar-refractivity contribution is 0.563. The highest BCUT2D eigenvalue weighted by Gasteiger charge is 2.11. The van der Waals surface area contributed by atoms with Gasteiger partial charge in [0.25, 0.3) is 0 Å². The largest absolute Gasteiger partial charge is 0.323 e. The van der Waals surface area contributed by atoms with E-state index < -0.39 is 0 Å². The summed E-state index contributed by atoms with van der Waals surface area (Å²) in [7, 11) is 0. The SMILES string of the molecule is CC(C)n1c(N=C=O)cc2cc(F)ccc21. The minimum absolute atomic E-state index is 0.148. The second-order valence-corrected chi connectivity index (χ2v) is 3.87. The third-order valence-corrected chi connectivity index (χ3v) is 2.46. The molecular weight excluding hydrogens is 207 g/mol. The van der Waals surface area contributed by atoms with Gasteiger partial charge in [0.15, 0.2) is 0 Å². The van der Waals surface area contributed by atoms with Gasteiger partial charge < -0.3 is 4.57 Å². The van der Waals surface area contributed by atoms with Gasteiger partial charge in [-0.15, -0.1) is 4.99 Å². The molecule has 0 saturated heterocycles. The Morgan fingerprint density at radius 3 is 2.75 bits per heavy atom. The Bertz CT molecular complexity index is 580. The lowest BCUT2D eigenvalue weighted by Gasteiger charge is -2.10. The van der Waals surface area contributed by atoms with Crippen molar-refractivity contribution in [1.82, 2.24) is 4.57 Å². The highest BCUT2D eigenvalue weighted by Crippen LogP contribution is 2.29. The molecule has 0 amide bonds. The molecule has 2 aromatic rings. The van der Waals surface area contributed by atoms with Gasteiger partial charge in [-0.1, -0.05) is 0 Å². The quantitative estimate of drug-likeness (QED) is 0.562. The Balaban J connectivity index is 2.80. The molecule has 0 saturated carbocycles. The Morgan fingerprint density at radius 1 is 1.38 bits per heavy atom. The second-order valence-electron chi connectivity index (χ2n) is 3.87. The maximum atomic E-state index is 13.0. The molecule has 1 aromatic heterocycles. The fourth-order valence-corrected chi connectivity index (χ4v) is 1.87. The topological polar surface area (TPSA) is 34.4 Å². The van der Waals surface area contributed by atoms with Crippen LogP contribution in [0.15, 0.2) is 29.3 Å². The van der Waals surface area contributed by atoms with E-state index >= 15 is 0 Å². The van der Waals surface area contributed by atoms with E-state index in [4.69, 9.17) is 0 Å². The summed E-state index contributed by atoms with van der Waals surface area (Å²) >= 11 is 0. The molecule has 3 nitrogen and oxygen atoms in total. The van der Waals surface area contributed by atoms with E-state index in [1.807, 2.05) is 18.4 Å². The summed E-state index contributed by atoms with van der Waals surface area (Å²) in [4.78, 5) is 13.9. The molecule has 0 unspecified atom stereocenters. The van der Waals surface area contributed by atoms with Crippen LogP contribution in [-0.2, 0) is 4.79 Å². The van der Waals surface area contributed by atoms with E-state index in [1.54, 1.807) is 12.1 Å². The van der Waals surface area contributed by atoms with Gasteiger partial charge in [0.2, 0.25) is 6.08 Å². The molecular formula is C12H11FN2O. The van der Waals surface area contributed by atoms with Crippen molar-refractivity contribution in [3.8, 4) is 0 Å². The van der Waals surface area contributed by atoms with Crippen LogP contribution < -0.4 is 0 Å². The van der Waals surface area contributed by atoms with Gasteiger partial charge in [0.05, 0.1) is 5.52 Å². The zero-order chi connectivity index (χ0) is 11.7. The molecule has 16 heavy (non-hydrogen) atoms. The molecule has 0 fully saturated rings. The van der Waals surface area contributed by atoms with E-state index in [9.17, 15) is 9.18 Å². The lowest BCUT2D eigenvalue weighted by Crippen LogP contribution is -1.99. The number of fused-ring (bicyclic) bond motifs is 1. The van der Waals surface area contributed by atoms with Crippen LogP contribution in [0.1, 0.15) is 19.9 Å². The third-order valence-electron chi connectivity index (χ3n) is 2.46. The van der Waals surface area contributed by atoms with Gasteiger partial charge in [-0.3, -0.25) is 0 Å². The molecule has 1 heterocycles. The van der Waals surface area contributed by atoms with Crippen LogP contribution in [0.25, 0.3) is 10.9 Å². The standard InChI is InChI=1S/C12H11FN2O/c1-8(2)15-11-4-3-10(13)5-9(11)6-12(15)14-7-16/h3-6,8H,1-2H3. The first-order valence-corrected chi connectivity index (χ1v) is 5.02. The Labute approximate surface area is 92.2 Å². The first-order valence-electron chi connectivity index (χ1n) is 5.02. The number of nitrogens with zero attached hydrogens (tertiary/aromatic N) is 2. The molecule has 0 aliphatic carbocycles. The Hall–Kier alpha value is -1.93. The first-order chi connectivity index (χ1) is 7.63. The maximum Gasteiger partial charge on any atom is 0.242 e. The summed E-state index contributed by atoms with van der Waals surface area (Å²) in [5.74, 6) is 0.209. The van der Waals surface area contributed by atoms with Gasteiger partial charge in [-0.05, 0) is 38.1 Å². The minimum Gasteiger partial charge on any atom is -0.323 e. The number of carbonyl (C=O) groups excluding carboxylic acids is 1. The number of halogens is 1. The predicted molar refractivity (Wildman–Crippen MR) is 60.1 cm³/mol. The van der Waals surface area contributed by atoms with Crippen molar-refractivity contribution in [1.29, 1.82) is 0 Å². The molecule has 0 aliphatic rings. The highest BCUT2D eigenvalue weighted by atomic mass is 19.1. The molecule has 0 spiro atoms. The molecule has 0 atom stereocenters. The zero-order valence-electron chi connectivity index (χ0n) is 9.07. The predicted octanol–water partition coefficient (Wildman–Crippen LogP) is 3.33. The summed E-state index contributed by atoms with van der Waals surface area (Å²) in [6, 6.07) is 6.35. The number of hydrogen-bond donors (Lipinski definition) is 0. The summed E-state index contributed by atoms with van der Waals surface area (Å²) in [5, 5.41) is 0.739. The number of aromatic nitrogens is 1. The number of rotatable bonds is 2. The molecule has 0 bridgehead atoms. The monoisotopic (exact) mass is 218 g/mol. The average Bonchev–Trinajstić information content (AvgIpc) is 2.55. The molecule has 2 rings (SSSR count). The van der Waals surface area contributed by atoms with Crippen molar-refractivity contribution in [3.05, 3.63) is 30.1 Å². The smallest absolute Gasteiger partial charge is 0.242 e. The van der Waals surface area contributed by atoms with Crippen LogP contribution in [-0.4, -0.2) is 10.6 Å². The summed E-state index contributed by atoms with van der Waals surface area (Å²) < 4.78 is 14.9. The Kier molecular flexibility index (Phi) is 2.59. The van der Waals surface area contributed by atoms with E-state index in [-0.39, 0.29) is 11.9 Å². The molecule has 0 aliphatic heterocycles. The van der Waals surface area contributed by atoms with Crippen LogP contribution in [0.3, 0.4) is 0 Å². The molecule has 1 aromatic carbocycles. The Morgan fingerprint density at radius 2 is 2.12 bits per heavy atom. The summed E-state index contributed by atoms with van der Waals surface area (Å²) in [5.41, 5.74) is 0.866. The van der Waals surface area contributed by atoms with Crippen LogP contribution in [0.5, 0.6) is 0 Å². The van der Waals surface area contributed by atoms with Crippen LogP contribution in [0.2, 0.25) is 0 Å². The summed E-state index contributed by atoms with van der Waals surface area (Å²) in [6.07, 6.45) is 1.52. The lowest BCUT2D eigenvalue weighted by atomic mass is 10.2. The zero-order valence-corrected chi connectivity index (χ0v) is 9.07. The molecule has 4 heteroatoms. The third kappa shape index (κ3) is 1.64. The number of benzene rings is 1. The fraction of sp³-hybridized carbons (Fsp3) is 0.250. The first kappa shape index (κ1) is 10.6. The number of aliphatic imine (C=N–C) groups is 1. The van der Waals surface area contributed by atoms with Gasteiger partial charge in [-0.25, -0.2) is 9.18 Å². The molecule has 82 valence electrons. The highest BCUT2D eigenvalue weighted by molar-refractivity contribution is 5.85. The van der Waals surface area contributed by atoms with Crippen molar-refractivity contribution in [3.63, 3.8) is 0 Å². The fourth-order valence-electron chi connectivity index (χ4n) is 1.87. The van der Waals surface area contributed by atoms with Crippen LogP contribution in [0.4, 0.5) is 10.2 Å². The average molecular weight is 218 g/mol. The van der Waals surface area contributed by atoms with Gasteiger partial charge >= 0.3 is 0 Å². The van der Waals surface area contributed by atoms with Crippen molar-refractivity contribution < 1.29 is 9.18 Å². The number of isocyanates is 1. The van der Waals surface area contributed by atoms with E-state index in [2.05, 4.69) is 4.99 Å².